The van der Waals surface area contributed by atoms with Gasteiger partial charge in [-0.1, -0.05) is 18.2 Å². The van der Waals surface area contributed by atoms with Gasteiger partial charge in [0.25, 0.3) is 5.91 Å². The van der Waals surface area contributed by atoms with Crippen molar-refractivity contribution in [1.29, 1.82) is 0 Å². The molecule has 1 amide bonds. The standard InChI is InChI=1S/C25H23FN4O4/c1-16-13-29(15-27-16)20-8-3-17(11-21(20)33-2)12-22-23-28-24(32)25(14-31,30(23)9-10-34-22)18-4-6-19(26)7-5-18/h3-8,11-13,15,31H,9-10,14H2,1-2H3. The molecule has 9 heteroatoms. The normalized spacial score (nSPS) is 20.8. The number of benzene rings is 2. The number of aryl methyl sites for hydroxylation is 1. The molecule has 1 unspecified atom stereocenters. The van der Waals surface area contributed by atoms with E-state index >= 15 is 0 Å². The van der Waals surface area contributed by atoms with Crippen molar-refractivity contribution in [2.45, 2.75) is 12.5 Å². The average Bonchev–Trinajstić information content (AvgIpc) is 3.40. The number of hydrogen-bond donors (Lipinski definition) is 1. The van der Waals surface area contributed by atoms with Crippen LogP contribution in [0, 0.1) is 12.7 Å². The fraction of sp³-hybridized carbons (Fsp3) is 0.240. The number of aliphatic hydroxyl groups is 1. The lowest BCUT2D eigenvalue weighted by Gasteiger charge is -2.40. The number of morpholine rings is 1. The maximum atomic E-state index is 13.5. The summed E-state index contributed by atoms with van der Waals surface area (Å²) in [6.45, 7) is 2.06. The van der Waals surface area contributed by atoms with Crippen LogP contribution in [0.15, 0.2) is 65.7 Å². The van der Waals surface area contributed by atoms with Crippen molar-refractivity contribution in [2.24, 2.45) is 4.99 Å². The van der Waals surface area contributed by atoms with E-state index in [4.69, 9.17) is 9.47 Å². The van der Waals surface area contributed by atoms with Crippen molar-refractivity contribution in [3.63, 3.8) is 0 Å². The van der Waals surface area contributed by atoms with Crippen molar-refractivity contribution in [3.05, 3.63) is 83.4 Å². The molecule has 3 aromatic rings. The summed E-state index contributed by atoms with van der Waals surface area (Å²) in [7, 11) is 1.59. The number of carbonyl (C=O) groups is 1. The van der Waals surface area contributed by atoms with E-state index in [1.54, 1.807) is 24.4 Å². The highest BCUT2D eigenvalue weighted by Gasteiger charge is 2.53. The molecule has 2 aliphatic rings. The van der Waals surface area contributed by atoms with E-state index in [2.05, 4.69) is 9.98 Å². The minimum Gasteiger partial charge on any atom is -0.495 e. The number of amidine groups is 1. The van der Waals surface area contributed by atoms with Gasteiger partial charge < -0.3 is 24.0 Å². The Kier molecular flexibility index (Phi) is 5.41. The van der Waals surface area contributed by atoms with Gasteiger partial charge in [-0.3, -0.25) is 4.79 Å². The number of aliphatic imine (C=N–C) groups is 1. The fourth-order valence-corrected chi connectivity index (χ4v) is 4.40. The van der Waals surface area contributed by atoms with Gasteiger partial charge in [-0.05, 0) is 48.4 Å². The predicted octanol–water partition coefficient (Wildman–Crippen LogP) is 2.83. The van der Waals surface area contributed by atoms with Gasteiger partial charge in [0.05, 0.1) is 38.0 Å². The molecule has 3 heterocycles. The molecule has 0 saturated carbocycles. The monoisotopic (exact) mass is 462 g/mol. The summed E-state index contributed by atoms with van der Waals surface area (Å²) in [5.74, 6) is 0.443. The van der Waals surface area contributed by atoms with Crippen LogP contribution in [-0.2, 0) is 15.1 Å². The first kappa shape index (κ1) is 21.8. The Balaban J connectivity index is 1.51. The second kappa shape index (κ2) is 8.42. The smallest absolute Gasteiger partial charge is 0.280 e. The number of hydrogen-bond acceptors (Lipinski definition) is 6. The lowest BCUT2D eigenvalue weighted by Crippen LogP contribution is -2.54. The number of aliphatic hydroxyl groups excluding tert-OH is 1. The Morgan fingerprint density at radius 1 is 1.26 bits per heavy atom. The highest BCUT2D eigenvalue weighted by Crippen LogP contribution is 2.38. The minimum atomic E-state index is -1.41. The minimum absolute atomic E-state index is 0.296. The molecule has 5 rings (SSSR count). The first-order valence-corrected chi connectivity index (χ1v) is 10.8. The molecule has 34 heavy (non-hydrogen) atoms. The van der Waals surface area contributed by atoms with E-state index in [9.17, 15) is 14.3 Å². The summed E-state index contributed by atoms with van der Waals surface area (Å²) >= 11 is 0. The number of halogens is 1. The van der Waals surface area contributed by atoms with E-state index in [1.165, 1.54) is 24.3 Å². The zero-order chi connectivity index (χ0) is 23.9. The third-order valence-corrected chi connectivity index (χ3v) is 6.11. The van der Waals surface area contributed by atoms with Crippen molar-refractivity contribution in [2.75, 3.05) is 26.9 Å². The number of aromatic nitrogens is 2. The Morgan fingerprint density at radius 2 is 2.06 bits per heavy atom. The van der Waals surface area contributed by atoms with Crippen LogP contribution in [0.25, 0.3) is 11.8 Å². The van der Waals surface area contributed by atoms with Gasteiger partial charge >= 0.3 is 0 Å². The van der Waals surface area contributed by atoms with Crippen LogP contribution in [0.2, 0.25) is 0 Å². The molecule has 1 saturated heterocycles. The van der Waals surface area contributed by atoms with Gasteiger partial charge in [-0.15, -0.1) is 0 Å². The number of nitrogens with zero attached hydrogens (tertiary/aromatic N) is 4. The van der Waals surface area contributed by atoms with Gasteiger partial charge in [0, 0.05) is 6.20 Å². The number of rotatable bonds is 5. The van der Waals surface area contributed by atoms with Crippen LogP contribution in [0.5, 0.6) is 5.75 Å². The fourth-order valence-electron chi connectivity index (χ4n) is 4.40. The zero-order valence-electron chi connectivity index (χ0n) is 18.7. The quantitative estimate of drug-likeness (QED) is 0.627. The van der Waals surface area contributed by atoms with Crippen LogP contribution in [0.4, 0.5) is 4.39 Å². The molecule has 2 aliphatic heterocycles. The molecular formula is C25H23FN4O4. The average molecular weight is 462 g/mol. The van der Waals surface area contributed by atoms with Crippen molar-refractivity contribution >= 4 is 17.8 Å². The molecule has 0 bridgehead atoms. The lowest BCUT2D eigenvalue weighted by molar-refractivity contribution is -0.128. The van der Waals surface area contributed by atoms with Gasteiger partial charge in [0.1, 0.15) is 18.2 Å². The van der Waals surface area contributed by atoms with E-state index < -0.39 is 23.9 Å². The molecular weight excluding hydrogens is 439 g/mol. The third kappa shape index (κ3) is 3.45. The molecule has 1 N–H and O–H groups in total. The summed E-state index contributed by atoms with van der Waals surface area (Å²) in [4.78, 5) is 23.3. The number of ether oxygens (including phenoxy) is 2. The molecule has 174 valence electrons. The molecule has 2 aromatic carbocycles. The summed E-state index contributed by atoms with van der Waals surface area (Å²) in [6, 6.07) is 11.2. The molecule has 1 atom stereocenters. The van der Waals surface area contributed by atoms with Crippen molar-refractivity contribution < 1.29 is 23.8 Å². The summed E-state index contributed by atoms with van der Waals surface area (Å²) in [6.07, 6.45) is 5.40. The second-order valence-corrected chi connectivity index (χ2v) is 8.13. The molecule has 8 nitrogen and oxygen atoms in total. The molecule has 1 aromatic heterocycles. The first-order valence-electron chi connectivity index (χ1n) is 10.8. The maximum Gasteiger partial charge on any atom is 0.280 e. The Morgan fingerprint density at radius 3 is 2.74 bits per heavy atom. The molecule has 1 fully saturated rings. The lowest BCUT2D eigenvalue weighted by atomic mass is 9.88. The summed E-state index contributed by atoms with van der Waals surface area (Å²) < 4.78 is 26.8. The Bertz CT molecular complexity index is 1310. The van der Waals surface area contributed by atoms with E-state index in [-0.39, 0.29) is 0 Å². The second-order valence-electron chi connectivity index (χ2n) is 8.13. The van der Waals surface area contributed by atoms with E-state index in [0.717, 1.165) is 16.9 Å². The molecule has 0 aliphatic carbocycles. The van der Waals surface area contributed by atoms with Crippen molar-refractivity contribution in [3.8, 4) is 11.4 Å². The summed E-state index contributed by atoms with van der Waals surface area (Å²) in [5.41, 5.74) is 1.57. The number of carbonyl (C=O) groups excluding carboxylic acids is 1. The first-order chi connectivity index (χ1) is 16.5. The molecule has 0 radical (unpaired) electrons. The highest BCUT2D eigenvalue weighted by molar-refractivity contribution is 6.14. The number of amides is 1. The number of imidazole rings is 1. The summed E-state index contributed by atoms with van der Waals surface area (Å²) in [5, 5.41) is 10.3. The van der Waals surface area contributed by atoms with Crippen LogP contribution in [0.1, 0.15) is 16.8 Å². The van der Waals surface area contributed by atoms with Gasteiger partial charge in [0.2, 0.25) is 0 Å². The van der Waals surface area contributed by atoms with Gasteiger partial charge in [-0.25, -0.2) is 9.37 Å². The topological polar surface area (TPSA) is 89.2 Å². The number of fused-ring (bicyclic) bond motifs is 1. The maximum absolute atomic E-state index is 13.5. The molecule has 0 spiro atoms. The highest BCUT2D eigenvalue weighted by atomic mass is 19.1. The Labute approximate surface area is 195 Å². The Hall–Kier alpha value is -3.98. The van der Waals surface area contributed by atoms with E-state index in [1.807, 2.05) is 35.9 Å². The van der Waals surface area contributed by atoms with Gasteiger partial charge in [0.15, 0.2) is 17.1 Å². The largest absolute Gasteiger partial charge is 0.495 e. The predicted molar refractivity (Wildman–Crippen MR) is 123 cm³/mol. The SMILES string of the molecule is COc1cc(C=C2OCCN3C2=NC(=O)C3(CO)c2ccc(F)cc2)ccc1-n1cnc(C)c1. The number of methoxy groups -OCH3 is 1. The van der Waals surface area contributed by atoms with Gasteiger partial charge in [-0.2, -0.15) is 4.99 Å². The van der Waals surface area contributed by atoms with Crippen LogP contribution in [0.3, 0.4) is 0 Å². The third-order valence-electron chi connectivity index (χ3n) is 6.11. The van der Waals surface area contributed by atoms with Crippen molar-refractivity contribution in [1.82, 2.24) is 14.5 Å². The zero-order valence-corrected chi connectivity index (χ0v) is 18.7. The van der Waals surface area contributed by atoms with Crippen LogP contribution >= 0.6 is 0 Å². The van der Waals surface area contributed by atoms with E-state index in [0.29, 0.717) is 36.1 Å². The van der Waals surface area contributed by atoms with Crippen LogP contribution < -0.4 is 4.74 Å². The van der Waals surface area contributed by atoms with Crippen LogP contribution in [-0.4, -0.2) is 58.2 Å².